The maximum atomic E-state index is 5.69. The minimum absolute atomic E-state index is 0.0203. The molecule has 0 aliphatic carbocycles. The van der Waals surface area contributed by atoms with Crippen LogP contribution >= 0.6 is 0 Å². The highest BCUT2D eigenvalue weighted by molar-refractivity contribution is 4.93. The SMILES string of the molecule is CCNC1CCOCC1N1CCCC(C)(OC)C1. The first-order valence-electron chi connectivity index (χ1n) is 7.29. The minimum Gasteiger partial charge on any atom is -0.380 e. The molecule has 0 saturated carbocycles. The van der Waals surface area contributed by atoms with Gasteiger partial charge in [-0.1, -0.05) is 6.92 Å². The molecule has 0 aromatic carbocycles. The molecule has 0 spiro atoms. The largest absolute Gasteiger partial charge is 0.380 e. The minimum atomic E-state index is 0.0203. The number of rotatable bonds is 4. The second kappa shape index (κ2) is 6.33. The molecule has 3 unspecified atom stereocenters. The van der Waals surface area contributed by atoms with Crippen LogP contribution in [-0.2, 0) is 9.47 Å². The van der Waals surface area contributed by atoms with E-state index in [1.165, 1.54) is 19.4 Å². The molecule has 1 N–H and O–H groups in total. The Labute approximate surface area is 111 Å². The van der Waals surface area contributed by atoms with Crippen LogP contribution in [0.15, 0.2) is 0 Å². The maximum absolute atomic E-state index is 5.69. The van der Waals surface area contributed by atoms with Gasteiger partial charge in [-0.15, -0.1) is 0 Å². The lowest BCUT2D eigenvalue weighted by molar-refractivity contribution is -0.0857. The van der Waals surface area contributed by atoms with Gasteiger partial charge in [-0.05, 0) is 39.3 Å². The summed E-state index contributed by atoms with van der Waals surface area (Å²) in [6.07, 6.45) is 3.51. The van der Waals surface area contributed by atoms with Gasteiger partial charge in [0.1, 0.15) is 0 Å². The van der Waals surface area contributed by atoms with E-state index in [9.17, 15) is 0 Å². The number of hydrogen-bond donors (Lipinski definition) is 1. The molecule has 2 rings (SSSR count). The van der Waals surface area contributed by atoms with Crippen molar-refractivity contribution in [2.75, 3.05) is 40.0 Å². The Kier molecular flexibility index (Phi) is 5.01. The van der Waals surface area contributed by atoms with Crippen molar-refractivity contribution in [3.63, 3.8) is 0 Å². The number of hydrogen-bond acceptors (Lipinski definition) is 4. The van der Waals surface area contributed by atoms with Crippen LogP contribution in [0.1, 0.15) is 33.1 Å². The van der Waals surface area contributed by atoms with Crippen LogP contribution in [-0.4, -0.2) is 62.5 Å². The number of likely N-dealkylation sites (tertiary alicyclic amines) is 1. The molecular weight excluding hydrogens is 228 g/mol. The summed E-state index contributed by atoms with van der Waals surface area (Å²) in [6.45, 7) is 9.40. The predicted molar refractivity (Wildman–Crippen MR) is 72.9 cm³/mol. The molecule has 4 nitrogen and oxygen atoms in total. The molecule has 2 aliphatic heterocycles. The molecule has 18 heavy (non-hydrogen) atoms. The third-order valence-corrected chi connectivity index (χ3v) is 4.44. The zero-order valence-electron chi connectivity index (χ0n) is 12.1. The predicted octanol–water partition coefficient (Wildman–Crippen LogP) is 1.25. The summed E-state index contributed by atoms with van der Waals surface area (Å²) in [5.74, 6) is 0. The zero-order valence-corrected chi connectivity index (χ0v) is 12.1. The van der Waals surface area contributed by atoms with Gasteiger partial charge in [0.15, 0.2) is 0 Å². The lowest BCUT2D eigenvalue weighted by Crippen LogP contribution is -2.60. The Hall–Kier alpha value is -0.160. The molecular formula is C14H28N2O2. The number of likely N-dealkylation sites (N-methyl/N-ethyl adjacent to an activating group) is 1. The molecule has 3 atom stereocenters. The first-order valence-corrected chi connectivity index (χ1v) is 7.29. The highest BCUT2D eigenvalue weighted by atomic mass is 16.5. The summed E-state index contributed by atoms with van der Waals surface area (Å²) in [4.78, 5) is 2.57. The zero-order chi connectivity index (χ0) is 13.0. The van der Waals surface area contributed by atoms with Crippen molar-refractivity contribution in [2.45, 2.75) is 50.8 Å². The Morgan fingerprint density at radius 2 is 2.33 bits per heavy atom. The number of nitrogens with zero attached hydrogens (tertiary/aromatic N) is 1. The van der Waals surface area contributed by atoms with E-state index < -0.39 is 0 Å². The van der Waals surface area contributed by atoms with E-state index in [1.807, 2.05) is 7.11 Å². The van der Waals surface area contributed by atoms with E-state index in [4.69, 9.17) is 9.47 Å². The Bertz CT molecular complexity index is 260. The van der Waals surface area contributed by atoms with Crippen LogP contribution in [0.3, 0.4) is 0 Å². The van der Waals surface area contributed by atoms with Gasteiger partial charge in [-0.3, -0.25) is 4.90 Å². The van der Waals surface area contributed by atoms with E-state index >= 15 is 0 Å². The molecule has 0 radical (unpaired) electrons. The quantitative estimate of drug-likeness (QED) is 0.821. The summed E-state index contributed by atoms with van der Waals surface area (Å²) in [5, 5.41) is 3.61. The van der Waals surface area contributed by atoms with Crippen LogP contribution in [0.5, 0.6) is 0 Å². The third-order valence-electron chi connectivity index (χ3n) is 4.44. The van der Waals surface area contributed by atoms with E-state index in [-0.39, 0.29) is 5.60 Å². The van der Waals surface area contributed by atoms with Crippen molar-refractivity contribution in [1.29, 1.82) is 0 Å². The van der Waals surface area contributed by atoms with Gasteiger partial charge in [0.25, 0.3) is 0 Å². The topological polar surface area (TPSA) is 33.7 Å². The fourth-order valence-electron chi connectivity index (χ4n) is 3.28. The number of ether oxygens (including phenoxy) is 2. The normalized spacial score (nSPS) is 38.8. The smallest absolute Gasteiger partial charge is 0.0777 e. The Balaban J connectivity index is 1.99. The Morgan fingerprint density at radius 3 is 3.06 bits per heavy atom. The monoisotopic (exact) mass is 256 g/mol. The first-order chi connectivity index (χ1) is 8.68. The van der Waals surface area contributed by atoms with Gasteiger partial charge < -0.3 is 14.8 Å². The first kappa shape index (κ1) is 14.3. The van der Waals surface area contributed by atoms with Crippen LogP contribution in [0.4, 0.5) is 0 Å². The van der Waals surface area contributed by atoms with Crippen LogP contribution in [0, 0.1) is 0 Å². The van der Waals surface area contributed by atoms with Gasteiger partial charge in [-0.25, -0.2) is 0 Å². The van der Waals surface area contributed by atoms with E-state index in [2.05, 4.69) is 24.1 Å². The molecule has 2 heterocycles. The van der Waals surface area contributed by atoms with Crippen molar-refractivity contribution < 1.29 is 9.47 Å². The number of methoxy groups -OCH3 is 1. The number of piperidine rings is 1. The summed E-state index contributed by atoms with van der Waals surface area (Å²) >= 11 is 0. The summed E-state index contributed by atoms with van der Waals surface area (Å²) < 4.78 is 11.4. The van der Waals surface area contributed by atoms with E-state index in [0.717, 1.165) is 32.7 Å². The van der Waals surface area contributed by atoms with Gasteiger partial charge >= 0.3 is 0 Å². The molecule has 0 bridgehead atoms. The fourth-order valence-corrected chi connectivity index (χ4v) is 3.28. The van der Waals surface area contributed by atoms with Gasteiger partial charge in [0.2, 0.25) is 0 Å². The average Bonchev–Trinajstić information content (AvgIpc) is 2.40. The van der Waals surface area contributed by atoms with Crippen molar-refractivity contribution in [2.24, 2.45) is 0 Å². The van der Waals surface area contributed by atoms with Crippen molar-refractivity contribution in [3.8, 4) is 0 Å². The highest BCUT2D eigenvalue weighted by Crippen LogP contribution is 2.27. The summed E-state index contributed by atoms with van der Waals surface area (Å²) in [7, 11) is 1.84. The molecule has 2 saturated heterocycles. The lowest BCUT2D eigenvalue weighted by Gasteiger charge is -2.46. The van der Waals surface area contributed by atoms with Crippen molar-refractivity contribution in [1.82, 2.24) is 10.2 Å². The van der Waals surface area contributed by atoms with Gasteiger partial charge in [0.05, 0.1) is 12.2 Å². The van der Waals surface area contributed by atoms with E-state index in [0.29, 0.717) is 12.1 Å². The molecule has 0 aromatic heterocycles. The summed E-state index contributed by atoms with van der Waals surface area (Å²) in [5.41, 5.74) is 0.0203. The van der Waals surface area contributed by atoms with Gasteiger partial charge in [-0.2, -0.15) is 0 Å². The third kappa shape index (κ3) is 3.23. The molecule has 106 valence electrons. The standard InChI is InChI=1S/C14H28N2O2/c1-4-15-12-6-9-18-10-13(12)16-8-5-7-14(2,11-16)17-3/h12-13,15H,4-11H2,1-3H3. The molecule has 4 heteroatoms. The highest BCUT2D eigenvalue weighted by Gasteiger charge is 2.37. The van der Waals surface area contributed by atoms with Crippen molar-refractivity contribution in [3.05, 3.63) is 0 Å². The van der Waals surface area contributed by atoms with Gasteiger partial charge in [0, 0.05) is 32.3 Å². The van der Waals surface area contributed by atoms with Crippen LogP contribution < -0.4 is 5.32 Å². The molecule has 2 aliphatic rings. The fraction of sp³-hybridized carbons (Fsp3) is 1.00. The number of nitrogens with one attached hydrogen (secondary N) is 1. The second-order valence-electron chi connectivity index (χ2n) is 5.82. The average molecular weight is 256 g/mol. The molecule has 0 amide bonds. The summed E-state index contributed by atoms with van der Waals surface area (Å²) in [6, 6.07) is 1.08. The van der Waals surface area contributed by atoms with Crippen LogP contribution in [0.25, 0.3) is 0 Å². The molecule has 2 fully saturated rings. The van der Waals surface area contributed by atoms with Crippen LogP contribution in [0.2, 0.25) is 0 Å². The van der Waals surface area contributed by atoms with E-state index in [1.54, 1.807) is 0 Å². The van der Waals surface area contributed by atoms with Crippen molar-refractivity contribution >= 4 is 0 Å². The maximum Gasteiger partial charge on any atom is 0.0777 e. The second-order valence-corrected chi connectivity index (χ2v) is 5.82. The Morgan fingerprint density at radius 1 is 1.50 bits per heavy atom. The molecule has 0 aromatic rings. The lowest BCUT2D eigenvalue weighted by atomic mass is 9.91.